The van der Waals surface area contributed by atoms with Crippen molar-refractivity contribution in [3.05, 3.63) is 39.0 Å². The van der Waals surface area contributed by atoms with Gasteiger partial charge >= 0.3 is 5.69 Å². The lowest BCUT2D eigenvalue weighted by atomic mass is 10.3. The second kappa shape index (κ2) is 5.20. The standard InChI is InChI=1S/C11H12BrN7O2/c1-17-5-8(12)7(6-21-9-3-4-13-14-9)10(17)19-11(20)18(2)15-16-19/h3-5H,6H2,1-2H3,(H,13,14)/i/hT. The normalized spacial score (nSPS) is 11.7. The number of hydrogen-bond donors (Lipinski definition) is 1. The number of aromatic amines is 1. The van der Waals surface area contributed by atoms with Gasteiger partial charge in [-0.2, -0.15) is 4.68 Å². The van der Waals surface area contributed by atoms with Crippen LogP contribution in [0.25, 0.3) is 5.82 Å². The van der Waals surface area contributed by atoms with Crippen LogP contribution >= 0.6 is 15.9 Å². The van der Waals surface area contributed by atoms with E-state index >= 15 is 0 Å². The van der Waals surface area contributed by atoms with E-state index in [0.29, 0.717) is 11.7 Å². The molecule has 3 aromatic heterocycles. The number of H-pyrrole nitrogens is 1. The Balaban J connectivity index is 1.97. The number of rotatable bonds is 4. The predicted octanol–water partition coefficient (Wildman–Crippen LogP) is 0.369. The fraction of sp³-hybridized carbons (Fsp3) is 0.273. The Morgan fingerprint density at radius 2 is 2.29 bits per heavy atom. The number of aryl methyl sites for hydroxylation is 2. The van der Waals surface area contributed by atoms with Gasteiger partial charge in [0.2, 0.25) is 5.88 Å². The van der Waals surface area contributed by atoms with Crippen LogP contribution in [-0.4, -0.2) is 34.5 Å². The molecule has 0 amide bonds. The van der Waals surface area contributed by atoms with Crippen LogP contribution in [0.4, 0.5) is 0 Å². The minimum atomic E-state index is -0.356. The molecule has 9 nitrogen and oxygen atoms in total. The van der Waals surface area contributed by atoms with Crippen molar-refractivity contribution < 1.29 is 6.15 Å². The molecule has 0 atom stereocenters. The highest BCUT2D eigenvalue weighted by Crippen LogP contribution is 2.25. The van der Waals surface area contributed by atoms with Crippen molar-refractivity contribution in [2.75, 3.05) is 0 Å². The molecule has 0 unspecified atom stereocenters. The van der Waals surface area contributed by atoms with Crippen LogP contribution in [0.2, 0.25) is 1.41 Å². The van der Waals surface area contributed by atoms with Crippen LogP contribution in [0.15, 0.2) is 27.7 Å². The van der Waals surface area contributed by atoms with Crippen LogP contribution in [0.3, 0.4) is 0 Å². The number of nitrogens with one attached hydrogen (secondary N) is 1. The first kappa shape index (κ1) is 12.4. The Hall–Kier alpha value is -2.36. The monoisotopic (exact) mass is 355 g/mol. The van der Waals surface area contributed by atoms with Crippen molar-refractivity contribution in [2.45, 2.75) is 6.61 Å². The molecular weight excluding hydrogens is 342 g/mol. The Bertz CT molecular complexity index is 878. The molecule has 0 aliphatic rings. The van der Waals surface area contributed by atoms with Crippen LogP contribution in [-0.2, 0) is 20.7 Å². The van der Waals surface area contributed by atoms with Gasteiger partial charge in [-0.1, -0.05) is 0 Å². The second-order valence-electron chi connectivity index (χ2n) is 4.35. The summed E-state index contributed by atoms with van der Waals surface area (Å²) in [6.45, 7) is 0.163. The molecule has 110 valence electrons. The van der Waals surface area contributed by atoms with Crippen LogP contribution in [0.1, 0.15) is 5.56 Å². The van der Waals surface area contributed by atoms with Gasteiger partial charge in [0.1, 0.15) is 12.4 Å². The second-order valence-corrected chi connectivity index (χ2v) is 5.20. The summed E-state index contributed by atoms with van der Waals surface area (Å²) in [4.78, 5) is 12.1. The molecule has 0 saturated heterocycles. The minimum absolute atomic E-state index is 0.163. The summed E-state index contributed by atoms with van der Waals surface area (Å²) in [6, 6.07) is 1.58. The van der Waals surface area contributed by atoms with Crippen LogP contribution in [0, 0.1) is 0 Å². The molecular formula is C11H12BrN7O2. The van der Waals surface area contributed by atoms with Gasteiger partial charge in [0, 0.05) is 42.6 Å². The van der Waals surface area contributed by atoms with E-state index in [1.54, 1.807) is 23.9 Å². The van der Waals surface area contributed by atoms with E-state index in [9.17, 15) is 4.79 Å². The SMILES string of the molecule is [3H]n1ccc(OCc2c(Br)cn(C)c2-n2nnn(C)c2=O)n1. The van der Waals surface area contributed by atoms with E-state index in [1.807, 2.05) is 0 Å². The number of nitrogens with zero attached hydrogens (tertiary/aromatic N) is 6. The lowest BCUT2D eigenvalue weighted by Crippen LogP contribution is -2.24. The zero-order valence-corrected chi connectivity index (χ0v) is 12.9. The summed E-state index contributed by atoms with van der Waals surface area (Å²) in [5.74, 6) is 0.874. The Morgan fingerprint density at radius 1 is 1.48 bits per heavy atom. The fourth-order valence-electron chi connectivity index (χ4n) is 1.93. The summed E-state index contributed by atoms with van der Waals surface area (Å²) in [5, 5.41) is 12.3. The molecule has 10 heteroatoms. The number of aromatic nitrogens is 7. The average molecular weight is 356 g/mol. The molecule has 0 saturated carbocycles. The molecule has 3 heterocycles. The fourth-order valence-corrected chi connectivity index (χ4v) is 2.53. The molecule has 0 aromatic carbocycles. The van der Waals surface area contributed by atoms with Gasteiger partial charge in [-0.15, -0.1) is 9.78 Å². The number of hydrogen-bond acceptors (Lipinski definition) is 5. The molecule has 0 spiro atoms. The summed E-state index contributed by atoms with van der Waals surface area (Å²) < 4.78 is 17.7. The lowest BCUT2D eigenvalue weighted by Gasteiger charge is -2.06. The molecule has 21 heavy (non-hydrogen) atoms. The van der Waals surface area contributed by atoms with Crippen molar-refractivity contribution >= 4 is 15.9 Å². The Morgan fingerprint density at radius 3 is 2.90 bits per heavy atom. The first-order chi connectivity index (χ1) is 10.5. The number of halogens is 1. The molecule has 0 radical (unpaired) electrons. The summed E-state index contributed by atoms with van der Waals surface area (Å²) >= 11 is 3.44. The van der Waals surface area contributed by atoms with Gasteiger partial charge in [-0.3, -0.25) is 5.09 Å². The Kier molecular flexibility index (Phi) is 3.07. The van der Waals surface area contributed by atoms with E-state index in [1.165, 1.54) is 17.9 Å². The van der Waals surface area contributed by atoms with Gasteiger partial charge in [-0.05, 0) is 26.4 Å². The van der Waals surface area contributed by atoms with Crippen LogP contribution in [0.5, 0.6) is 5.88 Å². The lowest BCUT2D eigenvalue weighted by molar-refractivity contribution is 0.292. The topological polar surface area (TPSA) is 95.5 Å². The van der Waals surface area contributed by atoms with Crippen molar-refractivity contribution in [3.63, 3.8) is 0 Å². The van der Waals surface area contributed by atoms with E-state index in [-0.39, 0.29) is 12.3 Å². The zero-order chi connectivity index (χ0) is 15.9. The highest BCUT2D eigenvalue weighted by atomic mass is 79.9. The third kappa shape index (κ3) is 2.37. The van der Waals surface area contributed by atoms with Crippen molar-refractivity contribution in [1.82, 2.24) is 34.5 Å². The van der Waals surface area contributed by atoms with E-state index < -0.39 is 0 Å². The van der Waals surface area contributed by atoms with Gasteiger partial charge in [-0.25, -0.2) is 4.79 Å². The maximum absolute atomic E-state index is 12.1. The third-order valence-corrected chi connectivity index (χ3v) is 3.61. The largest absolute Gasteiger partial charge is 0.472 e. The number of ether oxygens (including phenoxy) is 1. The summed E-state index contributed by atoms with van der Waals surface area (Å²) in [5.41, 5.74) is 0.370. The zero-order valence-electron chi connectivity index (χ0n) is 12.3. The highest BCUT2D eigenvalue weighted by molar-refractivity contribution is 9.10. The maximum Gasteiger partial charge on any atom is 0.369 e. The van der Waals surface area contributed by atoms with Gasteiger partial charge in [0.25, 0.3) is 0 Å². The molecule has 0 bridgehead atoms. The van der Waals surface area contributed by atoms with Gasteiger partial charge < -0.3 is 9.30 Å². The molecule has 0 aliphatic heterocycles. The average Bonchev–Trinajstić information content (AvgIpc) is 3.09. The van der Waals surface area contributed by atoms with Crippen molar-refractivity contribution in [2.24, 2.45) is 14.1 Å². The Labute approximate surface area is 128 Å². The van der Waals surface area contributed by atoms with Crippen LogP contribution < -0.4 is 10.4 Å². The smallest absolute Gasteiger partial charge is 0.369 e. The third-order valence-electron chi connectivity index (χ3n) is 2.93. The first-order valence-corrected chi connectivity index (χ1v) is 6.77. The van der Waals surface area contributed by atoms with Gasteiger partial charge in [0.15, 0.2) is 1.41 Å². The minimum Gasteiger partial charge on any atom is -0.472 e. The van der Waals surface area contributed by atoms with Crippen molar-refractivity contribution in [3.8, 4) is 11.7 Å². The van der Waals surface area contributed by atoms with Gasteiger partial charge in [0.05, 0.1) is 0 Å². The number of tetrazole rings is 1. The highest BCUT2D eigenvalue weighted by Gasteiger charge is 2.19. The molecule has 3 rings (SSSR count). The molecule has 3 aromatic rings. The molecule has 0 fully saturated rings. The molecule has 0 aliphatic carbocycles. The van der Waals surface area contributed by atoms with E-state index in [0.717, 1.165) is 19.8 Å². The first-order valence-electron chi connectivity index (χ1n) is 6.43. The quantitative estimate of drug-likeness (QED) is 0.729. The summed E-state index contributed by atoms with van der Waals surface area (Å²) in [6.07, 6.45) is 3.27. The van der Waals surface area contributed by atoms with E-state index in [2.05, 4.69) is 31.5 Å². The molecule has 1 N–H and O–H groups in total. The summed E-state index contributed by atoms with van der Waals surface area (Å²) in [7, 11) is 3.32. The van der Waals surface area contributed by atoms with E-state index in [4.69, 9.17) is 6.15 Å². The maximum atomic E-state index is 12.1. The predicted molar refractivity (Wildman–Crippen MR) is 76.2 cm³/mol. The van der Waals surface area contributed by atoms with Crippen molar-refractivity contribution in [1.29, 1.82) is 0 Å².